The highest BCUT2D eigenvalue weighted by Crippen LogP contribution is 2.31. The Morgan fingerprint density at radius 1 is 1.62 bits per heavy atom. The van der Waals surface area contributed by atoms with E-state index in [9.17, 15) is 8.42 Å². The van der Waals surface area contributed by atoms with Crippen molar-refractivity contribution in [2.75, 3.05) is 20.1 Å². The van der Waals surface area contributed by atoms with Crippen LogP contribution < -0.4 is 5.32 Å². The molecule has 0 saturated carbocycles. The second-order valence-corrected chi connectivity index (χ2v) is 7.69. The van der Waals surface area contributed by atoms with Crippen LogP contribution >= 0.6 is 27.3 Å². The number of likely N-dealkylation sites (N-methyl/N-ethyl adjacent to an activating group) is 1. The molecule has 1 atom stereocenters. The van der Waals surface area contributed by atoms with Crippen LogP contribution in [0.4, 0.5) is 0 Å². The molecule has 0 bridgehead atoms. The molecule has 1 aromatic rings. The van der Waals surface area contributed by atoms with Crippen LogP contribution in [0.15, 0.2) is 20.1 Å². The van der Waals surface area contributed by atoms with Crippen LogP contribution in [0.25, 0.3) is 0 Å². The number of nitrogens with one attached hydrogen (secondary N) is 1. The van der Waals surface area contributed by atoms with Crippen molar-refractivity contribution in [2.45, 2.75) is 16.7 Å². The van der Waals surface area contributed by atoms with Crippen molar-refractivity contribution in [3.05, 3.63) is 15.9 Å². The second-order valence-electron chi connectivity index (χ2n) is 3.72. The predicted octanol–water partition coefficient (Wildman–Crippen LogP) is 1.49. The Morgan fingerprint density at radius 3 is 2.88 bits per heavy atom. The van der Waals surface area contributed by atoms with E-state index in [1.807, 2.05) is 0 Å². The van der Waals surface area contributed by atoms with Crippen molar-refractivity contribution in [1.82, 2.24) is 9.62 Å². The minimum Gasteiger partial charge on any atom is -0.315 e. The molecular formula is C9H13BrN2O2S2. The van der Waals surface area contributed by atoms with Crippen LogP contribution in [-0.4, -0.2) is 38.9 Å². The number of nitrogens with zero attached hydrogens (tertiary/aromatic N) is 1. The molecule has 0 spiro atoms. The normalized spacial score (nSPS) is 21.8. The molecule has 7 heteroatoms. The lowest BCUT2D eigenvalue weighted by atomic mass is 10.3. The smallest absolute Gasteiger partial charge is 0.253 e. The molecule has 1 saturated heterocycles. The van der Waals surface area contributed by atoms with Gasteiger partial charge in [-0.3, -0.25) is 0 Å². The molecular weight excluding hydrogens is 312 g/mol. The van der Waals surface area contributed by atoms with E-state index in [-0.39, 0.29) is 6.04 Å². The number of hydrogen-bond acceptors (Lipinski definition) is 4. The maximum atomic E-state index is 12.3. The number of hydrogen-bond donors (Lipinski definition) is 1. The molecule has 1 fully saturated rings. The maximum absolute atomic E-state index is 12.3. The number of sulfonamides is 1. The lowest BCUT2D eigenvalue weighted by molar-refractivity contribution is 0.388. The zero-order valence-electron chi connectivity index (χ0n) is 8.81. The van der Waals surface area contributed by atoms with Crippen LogP contribution in [0, 0.1) is 0 Å². The fourth-order valence-electron chi connectivity index (χ4n) is 1.74. The Morgan fingerprint density at radius 2 is 2.38 bits per heavy atom. The molecule has 1 unspecified atom stereocenters. The molecule has 0 aromatic carbocycles. The molecule has 1 N–H and O–H groups in total. The first-order chi connectivity index (χ1) is 7.53. The quantitative estimate of drug-likeness (QED) is 0.916. The average molecular weight is 325 g/mol. The first kappa shape index (κ1) is 12.5. The summed E-state index contributed by atoms with van der Waals surface area (Å²) in [6, 6.07) is 1.83. The maximum Gasteiger partial charge on any atom is 0.253 e. The number of rotatable bonds is 3. The summed E-state index contributed by atoms with van der Waals surface area (Å²) in [6.45, 7) is 1.62. The number of halogens is 1. The molecule has 90 valence electrons. The molecule has 1 aromatic heterocycles. The minimum absolute atomic E-state index is 0.0685. The van der Waals surface area contributed by atoms with Gasteiger partial charge >= 0.3 is 0 Å². The van der Waals surface area contributed by atoms with Gasteiger partial charge in [-0.1, -0.05) is 0 Å². The van der Waals surface area contributed by atoms with Gasteiger partial charge in [-0.25, -0.2) is 8.42 Å². The standard InChI is InChI=1S/C9H13BrN2O2S2/c1-12(7-2-4-11-6-7)16(13,14)9-8(10)3-5-15-9/h3,5,7,11H,2,4,6H2,1H3. The predicted molar refractivity (Wildman–Crippen MR) is 68.2 cm³/mol. The molecule has 2 rings (SSSR count). The third-order valence-electron chi connectivity index (χ3n) is 2.75. The van der Waals surface area contributed by atoms with Gasteiger partial charge in [0.1, 0.15) is 4.21 Å². The Hall–Kier alpha value is 0.0500. The topological polar surface area (TPSA) is 49.4 Å². The SMILES string of the molecule is CN(C1CCNC1)S(=O)(=O)c1sccc1Br. The van der Waals surface area contributed by atoms with Crippen LogP contribution in [-0.2, 0) is 10.0 Å². The first-order valence-electron chi connectivity index (χ1n) is 4.95. The highest BCUT2D eigenvalue weighted by atomic mass is 79.9. The first-order valence-corrected chi connectivity index (χ1v) is 8.06. The Balaban J connectivity index is 2.28. The second kappa shape index (κ2) is 4.73. The highest BCUT2D eigenvalue weighted by Gasteiger charge is 2.31. The van der Waals surface area contributed by atoms with Crippen LogP contribution in [0.2, 0.25) is 0 Å². The van der Waals surface area contributed by atoms with Crippen LogP contribution in [0.1, 0.15) is 6.42 Å². The van der Waals surface area contributed by atoms with Crippen LogP contribution in [0.5, 0.6) is 0 Å². The van der Waals surface area contributed by atoms with Crippen molar-refractivity contribution in [3.63, 3.8) is 0 Å². The average Bonchev–Trinajstić information content (AvgIpc) is 2.86. The van der Waals surface area contributed by atoms with Gasteiger partial charge in [0.2, 0.25) is 0 Å². The van der Waals surface area contributed by atoms with E-state index in [0.29, 0.717) is 8.68 Å². The third kappa shape index (κ3) is 2.19. The molecule has 16 heavy (non-hydrogen) atoms. The van der Waals surface area contributed by atoms with Crippen molar-refractivity contribution < 1.29 is 8.42 Å². The molecule has 0 amide bonds. The Bertz CT molecular complexity index is 466. The van der Waals surface area contributed by atoms with E-state index in [4.69, 9.17) is 0 Å². The van der Waals surface area contributed by atoms with Gasteiger partial charge in [0.25, 0.3) is 10.0 Å². The summed E-state index contributed by atoms with van der Waals surface area (Å²) in [6.07, 6.45) is 0.874. The van der Waals surface area contributed by atoms with Gasteiger partial charge in [-0.15, -0.1) is 11.3 Å². The van der Waals surface area contributed by atoms with Crippen molar-refractivity contribution in [3.8, 4) is 0 Å². The monoisotopic (exact) mass is 324 g/mol. The lowest BCUT2D eigenvalue weighted by Crippen LogP contribution is -2.38. The van der Waals surface area contributed by atoms with Gasteiger partial charge in [-0.2, -0.15) is 4.31 Å². The molecule has 2 heterocycles. The van der Waals surface area contributed by atoms with E-state index in [1.165, 1.54) is 15.6 Å². The summed E-state index contributed by atoms with van der Waals surface area (Å²) < 4.78 is 27.1. The molecule has 0 radical (unpaired) electrons. The zero-order chi connectivity index (χ0) is 11.8. The van der Waals surface area contributed by atoms with Gasteiger partial charge < -0.3 is 5.32 Å². The zero-order valence-corrected chi connectivity index (χ0v) is 12.0. The lowest BCUT2D eigenvalue weighted by Gasteiger charge is -2.22. The fraction of sp³-hybridized carbons (Fsp3) is 0.556. The van der Waals surface area contributed by atoms with Gasteiger partial charge in [0.15, 0.2) is 0 Å². The van der Waals surface area contributed by atoms with E-state index >= 15 is 0 Å². The van der Waals surface area contributed by atoms with Gasteiger partial charge in [0.05, 0.1) is 0 Å². The third-order valence-corrected chi connectivity index (χ3v) is 7.30. The van der Waals surface area contributed by atoms with E-state index in [0.717, 1.165) is 19.5 Å². The Kier molecular flexibility index (Phi) is 3.70. The van der Waals surface area contributed by atoms with Crippen LogP contribution in [0.3, 0.4) is 0 Å². The van der Waals surface area contributed by atoms with E-state index in [2.05, 4.69) is 21.2 Å². The Labute approximate surface area is 108 Å². The van der Waals surface area contributed by atoms with Crippen molar-refractivity contribution >= 4 is 37.3 Å². The summed E-state index contributed by atoms with van der Waals surface area (Å²) in [5, 5.41) is 4.95. The summed E-state index contributed by atoms with van der Waals surface area (Å²) in [4.78, 5) is 0. The minimum atomic E-state index is -3.34. The van der Waals surface area contributed by atoms with E-state index < -0.39 is 10.0 Å². The summed E-state index contributed by atoms with van der Waals surface area (Å²) in [5.41, 5.74) is 0. The highest BCUT2D eigenvalue weighted by molar-refractivity contribution is 9.10. The summed E-state index contributed by atoms with van der Waals surface area (Å²) >= 11 is 4.51. The molecule has 0 aliphatic carbocycles. The molecule has 1 aliphatic heterocycles. The summed E-state index contributed by atoms with van der Waals surface area (Å²) in [7, 11) is -1.69. The largest absolute Gasteiger partial charge is 0.315 e. The molecule has 4 nitrogen and oxygen atoms in total. The van der Waals surface area contributed by atoms with Gasteiger partial charge in [-0.05, 0) is 40.3 Å². The van der Waals surface area contributed by atoms with Crippen molar-refractivity contribution in [1.29, 1.82) is 0 Å². The summed E-state index contributed by atoms with van der Waals surface area (Å²) in [5.74, 6) is 0. The fourth-order valence-corrected chi connectivity index (χ4v) is 5.60. The number of thiophene rings is 1. The molecule has 1 aliphatic rings. The van der Waals surface area contributed by atoms with Gasteiger partial charge in [0, 0.05) is 24.1 Å². The van der Waals surface area contributed by atoms with E-state index in [1.54, 1.807) is 18.5 Å². The van der Waals surface area contributed by atoms with Crippen molar-refractivity contribution in [2.24, 2.45) is 0 Å².